The van der Waals surface area contributed by atoms with E-state index in [1.54, 1.807) is 0 Å². The second-order valence-electron chi connectivity index (χ2n) is 9.16. The number of halogens is 2. The van der Waals surface area contributed by atoms with E-state index in [0.29, 0.717) is 6.54 Å². The molecule has 34 heavy (non-hydrogen) atoms. The number of nitrogens with one attached hydrogen (secondary N) is 2. The summed E-state index contributed by atoms with van der Waals surface area (Å²) in [6.45, 7) is 4.45. The third kappa shape index (κ3) is 4.37. The van der Waals surface area contributed by atoms with Gasteiger partial charge >= 0.3 is 6.03 Å². The summed E-state index contributed by atoms with van der Waals surface area (Å²) >= 11 is 0. The molecule has 6 heteroatoms. The van der Waals surface area contributed by atoms with Crippen molar-refractivity contribution in [3.05, 3.63) is 94.6 Å². The minimum absolute atomic E-state index is 0.109. The van der Waals surface area contributed by atoms with Crippen LogP contribution in [0.15, 0.2) is 60.7 Å². The van der Waals surface area contributed by atoms with Crippen LogP contribution in [0.4, 0.5) is 25.0 Å². The zero-order chi connectivity index (χ0) is 23.7. The lowest BCUT2D eigenvalue weighted by Gasteiger charge is -2.43. The molecule has 0 spiro atoms. The molecule has 2 N–H and O–H groups in total. The molecule has 0 aromatic heterocycles. The van der Waals surface area contributed by atoms with Gasteiger partial charge in [-0.25, -0.2) is 13.6 Å². The van der Waals surface area contributed by atoms with E-state index in [2.05, 4.69) is 27.7 Å². The largest absolute Gasteiger partial charge is 0.371 e. The van der Waals surface area contributed by atoms with Gasteiger partial charge in [0.2, 0.25) is 0 Å². The van der Waals surface area contributed by atoms with Gasteiger partial charge in [-0.1, -0.05) is 31.2 Å². The van der Waals surface area contributed by atoms with Crippen LogP contribution in [0.25, 0.3) is 0 Å². The van der Waals surface area contributed by atoms with Gasteiger partial charge in [0.15, 0.2) is 0 Å². The molecule has 2 aliphatic heterocycles. The van der Waals surface area contributed by atoms with Crippen molar-refractivity contribution >= 4 is 17.4 Å². The Balaban J connectivity index is 1.61. The summed E-state index contributed by atoms with van der Waals surface area (Å²) < 4.78 is 27.3. The van der Waals surface area contributed by atoms with E-state index in [4.69, 9.17) is 0 Å². The molecule has 2 heterocycles. The maximum Gasteiger partial charge on any atom is 0.319 e. The molecule has 3 aromatic carbocycles. The van der Waals surface area contributed by atoms with Crippen LogP contribution in [0.3, 0.4) is 0 Å². The Morgan fingerprint density at radius 3 is 1.85 bits per heavy atom. The molecule has 0 saturated heterocycles. The molecule has 3 aromatic rings. The topological polar surface area (TPSA) is 44.4 Å². The Hall–Kier alpha value is -3.41. The number of benzene rings is 3. The van der Waals surface area contributed by atoms with E-state index in [-0.39, 0.29) is 29.5 Å². The van der Waals surface area contributed by atoms with E-state index < -0.39 is 0 Å². The predicted octanol–water partition coefficient (Wildman–Crippen LogP) is 6.37. The van der Waals surface area contributed by atoms with Crippen molar-refractivity contribution < 1.29 is 13.6 Å². The van der Waals surface area contributed by atoms with Crippen molar-refractivity contribution in [2.75, 3.05) is 29.9 Å². The van der Waals surface area contributed by atoms with E-state index >= 15 is 0 Å². The van der Waals surface area contributed by atoms with E-state index in [1.165, 1.54) is 30.0 Å². The normalized spacial score (nSPS) is 18.9. The Kier molecular flexibility index (Phi) is 6.22. The van der Waals surface area contributed by atoms with Gasteiger partial charge in [0.1, 0.15) is 11.6 Å². The van der Waals surface area contributed by atoms with E-state index in [9.17, 15) is 13.6 Å². The maximum atomic E-state index is 13.6. The summed E-state index contributed by atoms with van der Waals surface area (Å²) in [7, 11) is 0. The number of anilines is 2. The number of carbonyl (C=O) groups is 1. The first kappa shape index (κ1) is 22.4. The highest BCUT2D eigenvalue weighted by Gasteiger charge is 2.35. The van der Waals surface area contributed by atoms with Crippen molar-refractivity contribution in [1.82, 2.24) is 5.32 Å². The third-order valence-corrected chi connectivity index (χ3v) is 6.95. The zero-order valence-electron chi connectivity index (χ0n) is 19.3. The predicted molar refractivity (Wildman–Crippen MR) is 132 cm³/mol. The lowest BCUT2D eigenvalue weighted by atomic mass is 9.76. The Labute approximate surface area is 199 Å². The molecule has 0 radical (unpaired) electrons. The first-order valence-corrected chi connectivity index (χ1v) is 12.0. The van der Waals surface area contributed by atoms with E-state index in [0.717, 1.165) is 60.3 Å². The Morgan fingerprint density at radius 1 is 0.882 bits per heavy atom. The molecule has 4 nitrogen and oxygen atoms in total. The van der Waals surface area contributed by atoms with Gasteiger partial charge in [0.05, 0.1) is 0 Å². The van der Waals surface area contributed by atoms with Gasteiger partial charge in [0, 0.05) is 42.8 Å². The molecule has 0 bridgehead atoms. The molecule has 2 amide bonds. The maximum absolute atomic E-state index is 13.6. The second kappa shape index (κ2) is 9.45. The van der Waals surface area contributed by atoms with Crippen LogP contribution in [0.5, 0.6) is 0 Å². The van der Waals surface area contributed by atoms with Gasteiger partial charge in [-0.2, -0.15) is 0 Å². The molecule has 176 valence electrons. The summed E-state index contributed by atoms with van der Waals surface area (Å²) in [5, 5.41) is 5.89. The van der Waals surface area contributed by atoms with Crippen molar-refractivity contribution in [2.45, 2.75) is 38.0 Å². The van der Waals surface area contributed by atoms with Crippen molar-refractivity contribution in [2.24, 2.45) is 0 Å². The summed E-state index contributed by atoms with van der Waals surface area (Å²) in [4.78, 5) is 14.9. The average molecular weight is 462 g/mol. The van der Waals surface area contributed by atoms with Gasteiger partial charge in [0.25, 0.3) is 0 Å². The van der Waals surface area contributed by atoms with Crippen LogP contribution in [0.2, 0.25) is 0 Å². The lowest BCUT2D eigenvalue weighted by molar-refractivity contribution is 0.252. The van der Waals surface area contributed by atoms with Crippen LogP contribution in [0, 0.1) is 11.6 Å². The SMILES string of the molecule is CCCNC(=O)Nc1cc2c3c(c1)[C@H](c1ccc(F)cc1)CCN3CC[C@H]2c1ccc(F)cc1. The third-order valence-electron chi connectivity index (χ3n) is 6.95. The number of hydrogen-bond acceptors (Lipinski definition) is 2. The Bertz CT molecular complexity index is 1100. The first-order chi connectivity index (χ1) is 16.5. The van der Waals surface area contributed by atoms with Gasteiger partial charge in [-0.05, 0) is 77.9 Å². The van der Waals surface area contributed by atoms with Gasteiger partial charge < -0.3 is 15.5 Å². The smallest absolute Gasteiger partial charge is 0.319 e. The number of rotatable bonds is 5. The molecular weight excluding hydrogens is 432 g/mol. The molecule has 0 saturated carbocycles. The minimum atomic E-state index is -0.248. The molecule has 0 fully saturated rings. The minimum Gasteiger partial charge on any atom is -0.371 e. The fourth-order valence-corrected chi connectivity index (χ4v) is 5.36. The van der Waals surface area contributed by atoms with Crippen LogP contribution >= 0.6 is 0 Å². The standard InChI is InChI=1S/C28H29F2N3O/c1-2-13-31-28(34)32-22-16-25-23(18-3-7-20(29)8-4-18)11-14-33-15-12-24(26(17-22)27(25)33)19-5-9-21(30)10-6-19/h3-10,16-17,23-24H,2,11-15H2,1H3,(H2,31,32,34)/t23-,24-/m0/s1. The molecule has 2 atom stereocenters. The number of hydrogen-bond donors (Lipinski definition) is 2. The number of amides is 2. The van der Waals surface area contributed by atoms with Crippen molar-refractivity contribution in [1.29, 1.82) is 0 Å². The Morgan fingerprint density at radius 2 is 1.38 bits per heavy atom. The fourth-order valence-electron chi connectivity index (χ4n) is 5.36. The van der Waals surface area contributed by atoms with Crippen molar-refractivity contribution in [3.63, 3.8) is 0 Å². The van der Waals surface area contributed by atoms with Crippen LogP contribution in [-0.4, -0.2) is 25.7 Å². The molecule has 2 aliphatic rings. The van der Waals surface area contributed by atoms with Crippen LogP contribution in [0.1, 0.15) is 60.3 Å². The van der Waals surface area contributed by atoms with Gasteiger partial charge in [-0.15, -0.1) is 0 Å². The first-order valence-electron chi connectivity index (χ1n) is 12.0. The highest BCUT2D eigenvalue weighted by Crippen LogP contribution is 2.49. The fraction of sp³-hybridized carbons (Fsp3) is 0.321. The second-order valence-corrected chi connectivity index (χ2v) is 9.16. The van der Waals surface area contributed by atoms with Gasteiger partial charge in [-0.3, -0.25) is 0 Å². The summed E-state index contributed by atoms with van der Waals surface area (Å²) in [5.74, 6) is -0.277. The monoisotopic (exact) mass is 461 g/mol. The number of carbonyl (C=O) groups excluding carboxylic acids is 1. The van der Waals surface area contributed by atoms with E-state index in [1.807, 2.05) is 31.2 Å². The van der Waals surface area contributed by atoms with Crippen molar-refractivity contribution in [3.8, 4) is 0 Å². The summed E-state index contributed by atoms with van der Waals surface area (Å²) in [6, 6.07) is 17.4. The average Bonchev–Trinajstić information content (AvgIpc) is 2.84. The quantitative estimate of drug-likeness (QED) is 0.463. The van der Waals surface area contributed by atoms with Crippen LogP contribution in [-0.2, 0) is 0 Å². The zero-order valence-corrected chi connectivity index (χ0v) is 19.3. The molecule has 0 aliphatic carbocycles. The summed E-state index contributed by atoms with van der Waals surface area (Å²) in [5.41, 5.74) is 6.37. The summed E-state index contributed by atoms with van der Waals surface area (Å²) in [6.07, 6.45) is 2.70. The molecule has 0 unspecified atom stereocenters. The number of nitrogens with zero attached hydrogens (tertiary/aromatic N) is 1. The van der Waals surface area contributed by atoms with Crippen LogP contribution < -0.4 is 15.5 Å². The highest BCUT2D eigenvalue weighted by molar-refractivity contribution is 5.90. The lowest BCUT2D eigenvalue weighted by Crippen LogP contribution is -2.38. The molecule has 5 rings (SSSR count). The number of urea groups is 1. The molecular formula is C28H29F2N3O. The highest BCUT2D eigenvalue weighted by atomic mass is 19.1.